The average Bonchev–Trinajstić information content (AvgIpc) is 2.64. The molecule has 0 aliphatic heterocycles. The normalized spacial score (nSPS) is 21.4. The molecule has 0 heterocycles. The van der Waals surface area contributed by atoms with Gasteiger partial charge in [0.25, 0.3) is 0 Å². The average molecular weight is 125 g/mol. The van der Waals surface area contributed by atoms with Crippen molar-refractivity contribution < 1.29 is 0 Å². The minimum Gasteiger partial charge on any atom is -0.316 e. The molecule has 1 fully saturated rings. The van der Waals surface area contributed by atoms with Crippen molar-refractivity contribution in [1.29, 1.82) is 0 Å². The maximum atomic E-state index is 3.72. The molecule has 0 saturated heterocycles. The third kappa shape index (κ3) is 1.83. The fourth-order valence-corrected chi connectivity index (χ4v) is 1.22. The van der Waals surface area contributed by atoms with Crippen molar-refractivity contribution in [2.75, 3.05) is 7.05 Å². The van der Waals surface area contributed by atoms with Gasteiger partial charge in [0.1, 0.15) is 0 Å². The van der Waals surface area contributed by atoms with E-state index in [4.69, 9.17) is 0 Å². The molecule has 9 heavy (non-hydrogen) atoms. The smallest absolute Gasteiger partial charge is 0.0127 e. The zero-order valence-corrected chi connectivity index (χ0v) is 6.06. The van der Waals surface area contributed by atoms with E-state index in [0.717, 1.165) is 12.3 Å². The summed E-state index contributed by atoms with van der Waals surface area (Å²) in [7, 11) is 2.03. The van der Waals surface area contributed by atoms with Crippen LogP contribution in [0.15, 0.2) is 12.7 Å². The van der Waals surface area contributed by atoms with Gasteiger partial charge in [0.15, 0.2) is 0 Å². The Morgan fingerprint density at radius 3 is 2.78 bits per heavy atom. The predicted octanol–water partition coefficient (Wildman–Crippen LogP) is 1.56. The van der Waals surface area contributed by atoms with Crippen LogP contribution < -0.4 is 5.32 Å². The van der Waals surface area contributed by atoms with Crippen molar-refractivity contribution in [3.05, 3.63) is 12.7 Å². The highest BCUT2D eigenvalue weighted by Crippen LogP contribution is 2.33. The first-order chi connectivity index (χ1) is 4.38. The van der Waals surface area contributed by atoms with Crippen LogP contribution in [-0.4, -0.2) is 13.1 Å². The first-order valence-corrected chi connectivity index (χ1v) is 3.66. The quantitative estimate of drug-likeness (QED) is 0.562. The molecule has 0 aromatic rings. The van der Waals surface area contributed by atoms with Crippen molar-refractivity contribution in [3.63, 3.8) is 0 Å². The number of hydrogen-bond donors (Lipinski definition) is 1. The summed E-state index contributed by atoms with van der Waals surface area (Å²) in [4.78, 5) is 0. The fourth-order valence-electron chi connectivity index (χ4n) is 1.22. The lowest BCUT2D eigenvalue weighted by molar-refractivity contribution is 0.509. The minimum absolute atomic E-state index is 0.711. The number of nitrogens with one attached hydrogen (secondary N) is 1. The minimum atomic E-state index is 0.711. The molecule has 0 spiro atoms. The number of rotatable bonds is 4. The van der Waals surface area contributed by atoms with E-state index in [-0.39, 0.29) is 0 Å². The first kappa shape index (κ1) is 6.81. The lowest BCUT2D eigenvalue weighted by Crippen LogP contribution is -2.26. The summed E-state index contributed by atoms with van der Waals surface area (Å²) < 4.78 is 0. The van der Waals surface area contributed by atoms with Gasteiger partial charge in [-0.05, 0) is 32.2 Å². The maximum absolute atomic E-state index is 3.72. The van der Waals surface area contributed by atoms with E-state index in [0.29, 0.717) is 6.04 Å². The van der Waals surface area contributed by atoms with Gasteiger partial charge in [-0.2, -0.15) is 0 Å². The fraction of sp³-hybridized carbons (Fsp3) is 0.750. The first-order valence-electron chi connectivity index (χ1n) is 3.66. The standard InChI is InChI=1S/C8H15N/c1-3-4-8(9-2)7-5-6-7/h3,7-9H,1,4-6H2,2H3. The van der Waals surface area contributed by atoms with Gasteiger partial charge in [-0.1, -0.05) is 6.08 Å². The zero-order chi connectivity index (χ0) is 6.69. The molecule has 0 radical (unpaired) electrons. The molecule has 1 aliphatic carbocycles. The highest BCUT2D eigenvalue weighted by atomic mass is 14.9. The van der Waals surface area contributed by atoms with E-state index < -0.39 is 0 Å². The summed E-state index contributed by atoms with van der Waals surface area (Å²) >= 11 is 0. The van der Waals surface area contributed by atoms with Crippen LogP contribution >= 0.6 is 0 Å². The molecular weight excluding hydrogens is 110 g/mol. The van der Waals surface area contributed by atoms with Crippen molar-refractivity contribution in [1.82, 2.24) is 5.32 Å². The zero-order valence-electron chi connectivity index (χ0n) is 6.06. The molecule has 1 heteroatoms. The Bertz CT molecular complexity index is 94.7. The Morgan fingerprint density at radius 1 is 1.78 bits per heavy atom. The van der Waals surface area contributed by atoms with Gasteiger partial charge in [-0.25, -0.2) is 0 Å². The molecule has 0 aromatic carbocycles. The van der Waals surface area contributed by atoms with Crippen LogP contribution in [-0.2, 0) is 0 Å². The third-order valence-corrected chi connectivity index (χ3v) is 1.98. The summed E-state index contributed by atoms with van der Waals surface area (Å²) in [6, 6.07) is 0.711. The van der Waals surface area contributed by atoms with Crippen LogP contribution in [0, 0.1) is 5.92 Å². The second-order valence-corrected chi connectivity index (χ2v) is 2.76. The van der Waals surface area contributed by atoms with E-state index in [2.05, 4.69) is 11.9 Å². The predicted molar refractivity (Wildman–Crippen MR) is 40.4 cm³/mol. The summed E-state index contributed by atoms with van der Waals surface area (Å²) in [5, 5.41) is 3.29. The van der Waals surface area contributed by atoms with Gasteiger partial charge in [0.05, 0.1) is 0 Å². The molecule has 0 bridgehead atoms. The largest absolute Gasteiger partial charge is 0.316 e. The van der Waals surface area contributed by atoms with Crippen LogP contribution in [0.3, 0.4) is 0 Å². The highest BCUT2D eigenvalue weighted by Gasteiger charge is 2.28. The molecule has 0 amide bonds. The van der Waals surface area contributed by atoms with Crippen molar-refractivity contribution >= 4 is 0 Å². The van der Waals surface area contributed by atoms with Gasteiger partial charge < -0.3 is 5.32 Å². The van der Waals surface area contributed by atoms with E-state index in [1.807, 2.05) is 13.1 Å². The highest BCUT2D eigenvalue weighted by molar-refractivity contribution is 4.89. The Hall–Kier alpha value is -0.300. The summed E-state index contributed by atoms with van der Waals surface area (Å²) in [5.74, 6) is 0.952. The molecule has 1 atom stereocenters. The Kier molecular flexibility index (Phi) is 2.29. The molecule has 1 saturated carbocycles. The van der Waals surface area contributed by atoms with E-state index in [9.17, 15) is 0 Å². The van der Waals surface area contributed by atoms with Crippen molar-refractivity contribution in [2.45, 2.75) is 25.3 Å². The Labute approximate surface area is 57.1 Å². The molecule has 1 aliphatic rings. The summed E-state index contributed by atoms with van der Waals surface area (Å²) in [6.07, 6.45) is 5.96. The maximum Gasteiger partial charge on any atom is 0.0127 e. The van der Waals surface area contributed by atoms with E-state index in [1.54, 1.807) is 0 Å². The second-order valence-electron chi connectivity index (χ2n) is 2.76. The molecule has 1 N–H and O–H groups in total. The lowest BCUT2D eigenvalue weighted by Gasteiger charge is -2.11. The van der Waals surface area contributed by atoms with Crippen LogP contribution in [0.2, 0.25) is 0 Å². The summed E-state index contributed by atoms with van der Waals surface area (Å²) in [6.45, 7) is 3.72. The van der Waals surface area contributed by atoms with Crippen molar-refractivity contribution in [2.24, 2.45) is 5.92 Å². The molecule has 1 rings (SSSR count). The molecule has 1 nitrogen and oxygen atoms in total. The monoisotopic (exact) mass is 125 g/mol. The van der Waals surface area contributed by atoms with Crippen LogP contribution in [0.1, 0.15) is 19.3 Å². The lowest BCUT2D eigenvalue weighted by atomic mass is 10.1. The van der Waals surface area contributed by atoms with Crippen molar-refractivity contribution in [3.8, 4) is 0 Å². The molecule has 0 aromatic heterocycles. The van der Waals surface area contributed by atoms with Gasteiger partial charge in [-0.15, -0.1) is 6.58 Å². The van der Waals surface area contributed by atoms with Gasteiger partial charge >= 0.3 is 0 Å². The van der Waals surface area contributed by atoms with Crippen LogP contribution in [0.25, 0.3) is 0 Å². The third-order valence-electron chi connectivity index (χ3n) is 1.98. The second kappa shape index (κ2) is 3.02. The summed E-state index contributed by atoms with van der Waals surface area (Å²) in [5.41, 5.74) is 0. The van der Waals surface area contributed by atoms with Crippen LogP contribution in [0.5, 0.6) is 0 Å². The molecular formula is C8H15N. The Morgan fingerprint density at radius 2 is 2.44 bits per heavy atom. The molecule has 1 unspecified atom stereocenters. The van der Waals surface area contributed by atoms with E-state index >= 15 is 0 Å². The SMILES string of the molecule is C=CCC(NC)C1CC1. The molecule has 52 valence electrons. The van der Waals surface area contributed by atoms with Gasteiger partial charge in [-0.3, -0.25) is 0 Å². The van der Waals surface area contributed by atoms with Gasteiger partial charge in [0, 0.05) is 6.04 Å². The Balaban J connectivity index is 2.20. The topological polar surface area (TPSA) is 12.0 Å². The van der Waals surface area contributed by atoms with Gasteiger partial charge in [0.2, 0.25) is 0 Å². The number of hydrogen-bond acceptors (Lipinski definition) is 1. The van der Waals surface area contributed by atoms with E-state index in [1.165, 1.54) is 12.8 Å². The van der Waals surface area contributed by atoms with Crippen LogP contribution in [0.4, 0.5) is 0 Å².